The number of benzene rings is 3. The summed E-state index contributed by atoms with van der Waals surface area (Å²) in [4.78, 5) is 79.1. The predicted molar refractivity (Wildman–Crippen MR) is 292 cm³/mol. The summed E-state index contributed by atoms with van der Waals surface area (Å²) in [5, 5.41) is 4.03. The number of fused-ring (bicyclic) bond motifs is 5. The summed E-state index contributed by atoms with van der Waals surface area (Å²) in [5.41, 5.74) is 3.66. The molecule has 0 saturated carbocycles. The molecule has 8 aliphatic heterocycles. The highest BCUT2D eigenvalue weighted by molar-refractivity contribution is 6.06. The number of imide groups is 1. The molecule has 13 rings (SSSR count). The van der Waals surface area contributed by atoms with Crippen LogP contribution in [0.5, 0.6) is 6.01 Å². The lowest BCUT2D eigenvalue weighted by Crippen LogP contribution is -2.53. The Kier molecular flexibility index (Phi) is 13.4. The number of piperazine rings is 1. The van der Waals surface area contributed by atoms with E-state index in [2.05, 4.69) is 43.8 Å². The number of carbonyl (C=O) groups is 4. The average molecular weight is 1080 g/mol. The van der Waals surface area contributed by atoms with Gasteiger partial charge in [-0.05, 0) is 111 Å². The number of aromatic nitrogens is 3. The second kappa shape index (κ2) is 20.6. The van der Waals surface area contributed by atoms with Crippen LogP contribution in [-0.4, -0.2) is 167 Å². The third-order valence-electron chi connectivity index (χ3n) is 18.6. The molecule has 79 heavy (non-hydrogen) atoms. The summed E-state index contributed by atoms with van der Waals surface area (Å²) < 4.78 is 51.5. The van der Waals surface area contributed by atoms with Crippen LogP contribution in [0.15, 0.2) is 48.5 Å². The van der Waals surface area contributed by atoms with Gasteiger partial charge in [-0.25, -0.2) is 18.6 Å². The Hall–Kier alpha value is -7.01. The second-order valence-corrected chi connectivity index (χ2v) is 23.4. The summed E-state index contributed by atoms with van der Waals surface area (Å²) in [6.45, 7) is 11.4. The molecule has 2 aromatic heterocycles. The second-order valence-electron chi connectivity index (χ2n) is 23.4. The zero-order chi connectivity index (χ0) is 54.2. The van der Waals surface area contributed by atoms with Crippen LogP contribution in [0.25, 0.3) is 32.9 Å². The Labute approximate surface area is 457 Å². The van der Waals surface area contributed by atoms with E-state index in [1.165, 1.54) is 6.07 Å². The lowest BCUT2D eigenvalue weighted by atomic mass is 9.79. The van der Waals surface area contributed by atoms with Gasteiger partial charge < -0.3 is 33.8 Å². The molecule has 3 aromatic carbocycles. The van der Waals surface area contributed by atoms with Crippen molar-refractivity contribution in [2.24, 2.45) is 5.41 Å². The van der Waals surface area contributed by atoms with Gasteiger partial charge in [-0.1, -0.05) is 37.1 Å². The molecule has 6 fully saturated rings. The van der Waals surface area contributed by atoms with Crippen LogP contribution in [0.3, 0.4) is 0 Å². The SMILES string of the molecule is C#Cc1c(F)ccc2cccc(-c3nc4c5c(nc(OC[C@@]67CCCN6[C@H](COC(=O)N6CCN(CC8(C)CCN(c9ccc%10c(c9)CN(C9CCC(=O)NC9=O)C%10=O)CC8)CC6)CC7)nc5c3F)N3CCCOC[C@@H]3CC4)c12. The highest BCUT2D eigenvalue weighted by atomic mass is 19.1. The highest BCUT2D eigenvalue weighted by Crippen LogP contribution is 2.45. The molecule has 10 heterocycles. The van der Waals surface area contributed by atoms with Crippen molar-refractivity contribution in [3.63, 3.8) is 0 Å². The average Bonchev–Trinajstić information content (AvgIpc) is 4.03. The van der Waals surface area contributed by atoms with Crippen molar-refractivity contribution < 1.29 is 42.2 Å². The molecule has 17 nitrogen and oxygen atoms in total. The molecule has 19 heteroatoms. The summed E-state index contributed by atoms with van der Waals surface area (Å²) in [7, 11) is 0. The van der Waals surface area contributed by atoms with Crippen LogP contribution in [0.2, 0.25) is 0 Å². The normalized spacial score (nSPS) is 25.2. The molecule has 4 amide bonds. The molecule has 1 N–H and O–H groups in total. The summed E-state index contributed by atoms with van der Waals surface area (Å²) in [5.74, 6) is 1.01. The van der Waals surface area contributed by atoms with E-state index in [1.807, 2.05) is 23.1 Å². The van der Waals surface area contributed by atoms with E-state index in [0.717, 1.165) is 95.5 Å². The lowest BCUT2D eigenvalue weighted by molar-refractivity contribution is -0.136. The van der Waals surface area contributed by atoms with Crippen LogP contribution in [0.4, 0.5) is 25.1 Å². The van der Waals surface area contributed by atoms with E-state index in [1.54, 1.807) is 23.1 Å². The number of piperidine rings is 2. The van der Waals surface area contributed by atoms with Crippen LogP contribution in [-0.2, 0) is 32.0 Å². The van der Waals surface area contributed by atoms with Gasteiger partial charge in [0.2, 0.25) is 11.8 Å². The number of nitrogens with one attached hydrogen (secondary N) is 1. The fourth-order valence-corrected chi connectivity index (χ4v) is 14.3. The molecular formula is C60H66F2N10O7. The molecule has 0 bridgehead atoms. The van der Waals surface area contributed by atoms with Gasteiger partial charge in [0.1, 0.15) is 42.1 Å². The largest absolute Gasteiger partial charge is 0.461 e. The molecule has 0 spiro atoms. The highest BCUT2D eigenvalue weighted by Gasteiger charge is 2.51. The number of ether oxygens (including phenoxy) is 3. The predicted octanol–water partition coefficient (Wildman–Crippen LogP) is 6.84. The maximum atomic E-state index is 17.5. The molecule has 0 radical (unpaired) electrons. The molecule has 4 atom stereocenters. The van der Waals surface area contributed by atoms with E-state index in [0.29, 0.717) is 97.5 Å². The van der Waals surface area contributed by atoms with Crippen molar-refractivity contribution in [2.45, 2.75) is 108 Å². The summed E-state index contributed by atoms with van der Waals surface area (Å²) >= 11 is 0. The number of pyridine rings is 1. The number of hydrogen-bond acceptors (Lipinski definition) is 14. The first-order valence-electron chi connectivity index (χ1n) is 28.3. The number of nitrogens with zero attached hydrogens (tertiary/aromatic N) is 9. The first-order valence-corrected chi connectivity index (χ1v) is 28.3. The van der Waals surface area contributed by atoms with E-state index in [9.17, 15) is 19.2 Å². The van der Waals surface area contributed by atoms with E-state index in [-0.39, 0.29) is 83.4 Å². The Morgan fingerprint density at radius 2 is 1.72 bits per heavy atom. The van der Waals surface area contributed by atoms with Gasteiger partial charge in [-0.15, -0.1) is 6.42 Å². The van der Waals surface area contributed by atoms with Crippen molar-refractivity contribution >= 4 is 57.0 Å². The van der Waals surface area contributed by atoms with Crippen LogP contribution in [0, 0.1) is 29.4 Å². The molecule has 8 aliphatic rings. The Morgan fingerprint density at radius 3 is 2.54 bits per heavy atom. The van der Waals surface area contributed by atoms with Crippen molar-refractivity contribution in [3.8, 4) is 29.6 Å². The van der Waals surface area contributed by atoms with Crippen molar-refractivity contribution in [2.75, 3.05) is 95.1 Å². The summed E-state index contributed by atoms with van der Waals surface area (Å²) in [6, 6.07) is 13.8. The van der Waals surface area contributed by atoms with Gasteiger partial charge in [0, 0.05) is 100 Å². The molecular weight excluding hydrogens is 1010 g/mol. The Bertz CT molecular complexity index is 3340. The van der Waals surface area contributed by atoms with Crippen molar-refractivity contribution in [1.29, 1.82) is 0 Å². The first-order chi connectivity index (χ1) is 38.4. The molecule has 6 saturated heterocycles. The van der Waals surface area contributed by atoms with E-state index >= 15 is 8.78 Å². The topological polar surface area (TPSA) is 166 Å². The monoisotopic (exact) mass is 1080 g/mol. The minimum absolute atomic E-state index is 0.0107. The van der Waals surface area contributed by atoms with Gasteiger partial charge in [0.25, 0.3) is 5.91 Å². The Morgan fingerprint density at radius 1 is 0.873 bits per heavy atom. The number of halogens is 2. The third-order valence-corrected chi connectivity index (χ3v) is 18.6. The van der Waals surface area contributed by atoms with Crippen LogP contribution >= 0.6 is 0 Å². The van der Waals surface area contributed by atoms with Gasteiger partial charge >= 0.3 is 12.1 Å². The minimum Gasteiger partial charge on any atom is -0.461 e. The zero-order valence-electron chi connectivity index (χ0n) is 44.7. The minimum atomic E-state index is -0.648. The summed E-state index contributed by atoms with van der Waals surface area (Å²) in [6.07, 6.45) is 13.7. The van der Waals surface area contributed by atoms with Crippen molar-refractivity contribution in [3.05, 3.63) is 82.5 Å². The number of carbonyl (C=O) groups excluding carboxylic acids is 4. The number of amides is 4. The van der Waals surface area contributed by atoms with Crippen LogP contribution in [0.1, 0.15) is 98.3 Å². The third kappa shape index (κ3) is 9.36. The van der Waals surface area contributed by atoms with Crippen LogP contribution < -0.4 is 19.9 Å². The van der Waals surface area contributed by atoms with E-state index in [4.69, 9.17) is 35.6 Å². The number of aryl methyl sites for hydroxylation is 1. The molecule has 1 unspecified atom stereocenters. The number of terminal acetylenes is 1. The molecule has 0 aliphatic carbocycles. The maximum Gasteiger partial charge on any atom is 0.409 e. The van der Waals surface area contributed by atoms with E-state index < -0.39 is 23.6 Å². The van der Waals surface area contributed by atoms with Gasteiger partial charge in [-0.3, -0.25) is 29.5 Å². The quantitative estimate of drug-likeness (QED) is 0.114. The van der Waals surface area contributed by atoms with Gasteiger partial charge in [-0.2, -0.15) is 9.97 Å². The Balaban J connectivity index is 0.632. The van der Waals surface area contributed by atoms with Gasteiger partial charge in [0.05, 0.1) is 34.8 Å². The fourth-order valence-electron chi connectivity index (χ4n) is 14.3. The zero-order valence-corrected chi connectivity index (χ0v) is 44.7. The lowest BCUT2D eigenvalue weighted by Gasteiger charge is -2.44. The number of hydrogen-bond donors (Lipinski definition) is 1. The first kappa shape index (κ1) is 51.4. The standard InChI is InChI=1S/C60H66F2N10O7/c1-3-42-45(61)13-9-37-7-4-8-44(49(37)42)52-51(62)53-50-46(63-52)14-11-40-33-77-30-6-22-70(40)54(50)66-57(65-53)79-36-60-18-5-23-72(60)41(17-19-60)34-78-58(76)69-28-26-67(27-29-69)35-59(2)20-24-68(25-21-59)39-10-12-43-38(31-39)32-71(56(43)75)47-15-16-48(73)64-55(47)74/h1,4,7-10,12-13,31,40-41,47H,5-6,11,14-30,32-36H2,2H3,(H,64,73,74)/t40-,41-,47?,60-/m0/s1. The number of rotatable bonds is 10. The number of anilines is 2. The van der Waals surface area contributed by atoms with Crippen molar-refractivity contribution in [1.82, 2.24) is 39.9 Å². The smallest absolute Gasteiger partial charge is 0.409 e. The van der Waals surface area contributed by atoms with Gasteiger partial charge in [0.15, 0.2) is 5.82 Å². The molecule has 412 valence electrons. The molecule has 5 aromatic rings. The maximum absolute atomic E-state index is 17.5. The fraction of sp³-hybridized carbons (Fsp3) is 0.517.